The lowest BCUT2D eigenvalue weighted by Crippen LogP contribution is -1.77. The summed E-state index contributed by atoms with van der Waals surface area (Å²) in [6.45, 7) is 2.05. The molecule has 1 aromatic heterocycles. The van der Waals surface area contributed by atoms with Crippen molar-refractivity contribution in [2.75, 3.05) is 0 Å². The van der Waals surface area contributed by atoms with Gasteiger partial charge in [0.1, 0.15) is 0 Å². The molecule has 0 atom stereocenters. The van der Waals surface area contributed by atoms with Gasteiger partial charge in [-0.2, -0.15) is 0 Å². The smallest absolute Gasteiger partial charge is 0.0657 e. The van der Waals surface area contributed by atoms with Crippen molar-refractivity contribution in [1.29, 1.82) is 0 Å². The van der Waals surface area contributed by atoms with Crippen LogP contribution in [0.4, 0.5) is 0 Å². The van der Waals surface area contributed by atoms with Gasteiger partial charge in [0.25, 0.3) is 0 Å². The molecule has 19 heavy (non-hydrogen) atoms. The Morgan fingerprint density at radius 2 is 1.68 bits per heavy atom. The van der Waals surface area contributed by atoms with Gasteiger partial charge >= 0.3 is 0 Å². The number of halogens is 2. The molecule has 1 nitrogen and oxygen atoms in total. The molecule has 1 heterocycles. The number of fused-ring (bicyclic) bond motifs is 1. The molecule has 0 unspecified atom stereocenters. The van der Waals surface area contributed by atoms with E-state index in [2.05, 4.69) is 18.0 Å². The maximum absolute atomic E-state index is 6.22. The SMILES string of the molecule is Cc1[nH]c2c(Cl)cccc2c1Sc1ccccc1Cl. The van der Waals surface area contributed by atoms with Gasteiger partial charge < -0.3 is 4.98 Å². The van der Waals surface area contributed by atoms with E-state index in [4.69, 9.17) is 23.2 Å². The summed E-state index contributed by atoms with van der Waals surface area (Å²) in [5, 5.41) is 2.64. The first-order valence-corrected chi connectivity index (χ1v) is 7.43. The predicted molar refractivity (Wildman–Crippen MR) is 83.6 cm³/mol. The third-order valence-electron chi connectivity index (χ3n) is 2.96. The quantitative estimate of drug-likeness (QED) is 0.620. The first-order chi connectivity index (χ1) is 9.16. The van der Waals surface area contributed by atoms with Crippen molar-refractivity contribution in [1.82, 2.24) is 4.98 Å². The molecule has 3 rings (SSSR count). The third kappa shape index (κ3) is 2.36. The third-order valence-corrected chi connectivity index (χ3v) is 5.02. The van der Waals surface area contributed by atoms with Gasteiger partial charge in [-0.25, -0.2) is 0 Å². The van der Waals surface area contributed by atoms with Crippen LogP contribution in [0.25, 0.3) is 10.9 Å². The Labute approximate surface area is 125 Å². The van der Waals surface area contributed by atoms with Crippen LogP contribution >= 0.6 is 35.0 Å². The van der Waals surface area contributed by atoms with E-state index < -0.39 is 0 Å². The molecule has 2 aromatic carbocycles. The molecule has 4 heteroatoms. The Morgan fingerprint density at radius 1 is 0.947 bits per heavy atom. The number of aryl methyl sites for hydroxylation is 1. The summed E-state index contributed by atoms with van der Waals surface area (Å²) in [4.78, 5) is 5.56. The number of nitrogens with one attached hydrogen (secondary N) is 1. The molecule has 0 amide bonds. The van der Waals surface area contributed by atoms with E-state index >= 15 is 0 Å². The minimum absolute atomic E-state index is 0.742. The van der Waals surface area contributed by atoms with Crippen LogP contribution < -0.4 is 0 Å². The van der Waals surface area contributed by atoms with Gasteiger partial charge in [0.05, 0.1) is 15.6 Å². The van der Waals surface area contributed by atoms with Gasteiger partial charge in [-0.15, -0.1) is 0 Å². The molecule has 0 fully saturated rings. The lowest BCUT2D eigenvalue weighted by atomic mass is 10.2. The predicted octanol–water partition coefficient (Wildman–Crippen LogP) is 5.93. The topological polar surface area (TPSA) is 15.8 Å². The Hall–Kier alpha value is -1.09. The fourth-order valence-corrected chi connectivity index (χ4v) is 3.55. The van der Waals surface area contributed by atoms with Gasteiger partial charge in [-0.1, -0.05) is 59.2 Å². The number of aromatic nitrogens is 1. The second kappa shape index (κ2) is 5.12. The highest BCUT2D eigenvalue weighted by Gasteiger charge is 2.12. The number of para-hydroxylation sites is 1. The molecule has 0 spiro atoms. The molecular weight excluding hydrogens is 297 g/mol. The zero-order valence-electron chi connectivity index (χ0n) is 10.2. The van der Waals surface area contributed by atoms with E-state index in [0.29, 0.717) is 0 Å². The van der Waals surface area contributed by atoms with Crippen molar-refractivity contribution in [2.24, 2.45) is 0 Å². The maximum Gasteiger partial charge on any atom is 0.0657 e. The average Bonchev–Trinajstić information content (AvgIpc) is 2.71. The second-order valence-corrected chi connectivity index (χ2v) is 6.14. The molecule has 0 bridgehead atoms. The fourth-order valence-electron chi connectivity index (χ4n) is 2.06. The Balaban J connectivity index is 2.13. The highest BCUT2D eigenvalue weighted by atomic mass is 35.5. The summed E-state index contributed by atoms with van der Waals surface area (Å²) >= 11 is 14.1. The lowest BCUT2D eigenvalue weighted by Gasteiger charge is -2.04. The summed E-state index contributed by atoms with van der Waals surface area (Å²) in [7, 11) is 0. The number of benzene rings is 2. The Kier molecular flexibility index (Phi) is 3.48. The molecular formula is C15H11Cl2NS. The van der Waals surface area contributed by atoms with Crippen LogP contribution in [0, 0.1) is 6.92 Å². The maximum atomic E-state index is 6.22. The lowest BCUT2D eigenvalue weighted by molar-refractivity contribution is 1.23. The van der Waals surface area contributed by atoms with Crippen LogP contribution in [0.2, 0.25) is 10.0 Å². The van der Waals surface area contributed by atoms with Crippen LogP contribution in [-0.4, -0.2) is 4.98 Å². The summed E-state index contributed by atoms with van der Waals surface area (Å²) in [5.41, 5.74) is 2.09. The van der Waals surface area contributed by atoms with Crippen molar-refractivity contribution in [2.45, 2.75) is 16.7 Å². The van der Waals surface area contributed by atoms with Crippen molar-refractivity contribution in [3.8, 4) is 0 Å². The first kappa shape index (κ1) is 12.9. The first-order valence-electron chi connectivity index (χ1n) is 5.86. The van der Waals surface area contributed by atoms with E-state index in [0.717, 1.165) is 31.5 Å². The van der Waals surface area contributed by atoms with Crippen LogP contribution in [0.1, 0.15) is 5.69 Å². The van der Waals surface area contributed by atoms with E-state index in [9.17, 15) is 0 Å². The highest BCUT2D eigenvalue weighted by molar-refractivity contribution is 7.99. The molecule has 0 saturated carbocycles. The van der Waals surface area contributed by atoms with Crippen molar-refractivity contribution < 1.29 is 0 Å². The molecule has 96 valence electrons. The van der Waals surface area contributed by atoms with Gasteiger partial charge in [0.15, 0.2) is 0 Å². The average molecular weight is 308 g/mol. The van der Waals surface area contributed by atoms with Crippen molar-refractivity contribution in [3.63, 3.8) is 0 Å². The van der Waals surface area contributed by atoms with E-state index in [1.165, 1.54) is 4.90 Å². The number of rotatable bonds is 2. The zero-order valence-corrected chi connectivity index (χ0v) is 12.5. The molecule has 1 N–H and O–H groups in total. The fraction of sp³-hybridized carbons (Fsp3) is 0.0667. The minimum atomic E-state index is 0.742. The summed E-state index contributed by atoms with van der Waals surface area (Å²) in [5.74, 6) is 0. The molecule has 3 aromatic rings. The molecule has 0 aliphatic carbocycles. The van der Waals surface area contributed by atoms with Crippen LogP contribution in [0.5, 0.6) is 0 Å². The van der Waals surface area contributed by atoms with E-state index in [1.54, 1.807) is 11.8 Å². The normalized spacial score (nSPS) is 11.1. The summed E-state index contributed by atoms with van der Waals surface area (Å²) in [6, 6.07) is 13.8. The largest absolute Gasteiger partial charge is 0.356 e. The number of aromatic amines is 1. The Bertz CT molecular complexity index is 749. The minimum Gasteiger partial charge on any atom is -0.356 e. The van der Waals surface area contributed by atoms with Gasteiger partial charge in [0.2, 0.25) is 0 Å². The summed E-state index contributed by atoms with van der Waals surface area (Å²) in [6.07, 6.45) is 0. The standard InChI is InChI=1S/C15H11Cl2NS/c1-9-15(19-13-8-3-2-6-11(13)16)10-5-4-7-12(17)14(10)18-9/h2-8,18H,1H3. The van der Waals surface area contributed by atoms with Crippen LogP contribution in [0.3, 0.4) is 0 Å². The Morgan fingerprint density at radius 3 is 2.47 bits per heavy atom. The van der Waals surface area contributed by atoms with E-state index in [1.807, 2.05) is 36.4 Å². The second-order valence-electron chi connectivity index (χ2n) is 4.27. The number of hydrogen-bond acceptors (Lipinski definition) is 1. The summed E-state index contributed by atoms with van der Waals surface area (Å²) < 4.78 is 0. The molecule has 0 aliphatic heterocycles. The zero-order chi connectivity index (χ0) is 13.4. The van der Waals surface area contributed by atoms with Crippen molar-refractivity contribution in [3.05, 3.63) is 58.2 Å². The monoisotopic (exact) mass is 307 g/mol. The van der Waals surface area contributed by atoms with Gasteiger partial charge in [-0.3, -0.25) is 0 Å². The highest BCUT2D eigenvalue weighted by Crippen LogP contribution is 2.40. The van der Waals surface area contributed by atoms with Gasteiger partial charge in [-0.05, 0) is 25.1 Å². The number of hydrogen-bond donors (Lipinski definition) is 1. The molecule has 0 radical (unpaired) electrons. The van der Waals surface area contributed by atoms with Gasteiger partial charge in [0, 0.05) is 20.9 Å². The number of H-pyrrole nitrogens is 1. The molecule has 0 saturated heterocycles. The van der Waals surface area contributed by atoms with E-state index in [-0.39, 0.29) is 0 Å². The molecule has 0 aliphatic rings. The van der Waals surface area contributed by atoms with Crippen LogP contribution in [-0.2, 0) is 0 Å². The van der Waals surface area contributed by atoms with Crippen LogP contribution in [0.15, 0.2) is 52.3 Å². The van der Waals surface area contributed by atoms with Crippen molar-refractivity contribution >= 4 is 45.9 Å².